The van der Waals surface area contributed by atoms with Crippen molar-refractivity contribution in [2.75, 3.05) is 4.90 Å². The lowest BCUT2D eigenvalue weighted by Gasteiger charge is -2.29. The summed E-state index contributed by atoms with van der Waals surface area (Å²) in [6, 6.07) is 21.3. The second kappa shape index (κ2) is 8.90. The van der Waals surface area contributed by atoms with E-state index in [0.717, 1.165) is 40.7 Å². The smallest absolute Gasteiger partial charge is 0.232 e. The Morgan fingerprint density at radius 2 is 1.75 bits per heavy atom. The molecule has 7 heteroatoms. The van der Waals surface area contributed by atoms with Crippen LogP contribution in [0, 0.1) is 17.7 Å². The Morgan fingerprint density at radius 1 is 1.03 bits per heavy atom. The van der Waals surface area contributed by atoms with Crippen LogP contribution in [0.3, 0.4) is 0 Å². The van der Waals surface area contributed by atoms with Crippen LogP contribution in [0.25, 0.3) is 16.6 Å². The zero-order valence-electron chi connectivity index (χ0n) is 20.0. The van der Waals surface area contributed by atoms with Gasteiger partial charge < -0.3 is 10.2 Å². The fourth-order valence-electron chi connectivity index (χ4n) is 5.34. The molecule has 36 heavy (non-hydrogen) atoms. The number of nitrogens with zero attached hydrogens (tertiary/aromatic N) is 3. The molecule has 182 valence electrons. The molecule has 2 fully saturated rings. The van der Waals surface area contributed by atoms with Gasteiger partial charge in [-0.15, -0.1) is 0 Å². The third kappa shape index (κ3) is 3.85. The van der Waals surface area contributed by atoms with Gasteiger partial charge in [0.05, 0.1) is 35.4 Å². The molecule has 1 saturated heterocycles. The zero-order chi connectivity index (χ0) is 24.8. The van der Waals surface area contributed by atoms with Gasteiger partial charge in [0.25, 0.3) is 0 Å². The van der Waals surface area contributed by atoms with Crippen LogP contribution < -0.4 is 10.2 Å². The van der Waals surface area contributed by atoms with Gasteiger partial charge in [-0.05, 0) is 67.3 Å². The standard InChI is InChI=1S/C29H27FN4O2/c1-2-24-26(32-28(35)19-8-9-19)27(18-6-4-3-5-7-18)33(29(24)36)23-14-15-25-20(16-23)17-31-34(25)22-12-10-21(30)11-13-22/h3-7,10-17,19,24,26-27H,2,8-9H2,1H3,(H,32,35). The first-order valence-corrected chi connectivity index (χ1v) is 12.5. The van der Waals surface area contributed by atoms with E-state index >= 15 is 0 Å². The molecule has 2 aliphatic rings. The van der Waals surface area contributed by atoms with Crippen molar-refractivity contribution in [2.24, 2.45) is 11.8 Å². The molecule has 1 saturated carbocycles. The number of carbonyl (C=O) groups is 2. The third-order valence-electron chi connectivity index (χ3n) is 7.35. The van der Waals surface area contributed by atoms with Crippen LogP contribution in [0.2, 0.25) is 0 Å². The molecule has 6 nitrogen and oxygen atoms in total. The van der Waals surface area contributed by atoms with Crippen molar-refractivity contribution in [3.8, 4) is 5.69 Å². The quantitative estimate of drug-likeness (QED) is 0.412. The normalized spacial score (nSPS) is 21.8. The molecule has 1 aliphatic heterocycles. The van der Waals surface area contributed by atoms with E-state index < -0.39 is 0 Å². The molecule has 3 aromatic carbocycles. The summed E-state index contributed by atoms with van der Waals surface area (Å²) in [4.78, 5) is 28.5. The predicted octanol–water partition coefficient (Wildman–Crippen LogP) is 5.17. The number of nitrogens with one attached hydrogen (secondary N) is 1. The highest BCUT2D eigenvalue weighted by Gasteiger charge is 2.50. The van der Waals surface area contributed by atoms with Crippen LogP contribution in [-0.4, -0.2) is 27.6 Å². The van der Waals surface area contributed by atoms with E-state index in [2.05, 4.69) is 10.4 Å². The second-order valence-electron chi connectivity index (χ2n) is 9.66. The van der Waals surface area contributed by atoms with Crippen LogP contribution in [-0.2, 0) is 9.59 Å². The van der Waals surface area contributed by atoms with Crippen molar-refractivity contribution < 1.29 is 14.0 Å². The number of amides is 2. The van der Waals surface area contributed by atoms with Gasteiger partial charge in [-0.2, -0.15) is 5.10 Å². The van der Waals surface area contributed by atoms with Crippen LogP contribution >= 0.6 is 0 Å². The molecule has 1 aromatic heterocycles. The SMILES string of the molecule is CCC1C(=O)N(c2ccc3c(cnn3-c3ccc(F)cc3)c2)C(c2ccccc2)C1NC(=O)C1CC1. The number of aromatic nitrogens is 2. The molecule has 6 rings (SSSR count). The fourth-order valence-corrected chi connectivity index (χ4v) is 5.34. The summed E-state index contributed by atoms with van der Waals surface area (Å²) < 4.78 is 15.2. The molecular formula is C29H27FN4O2. The van der Waals surface area contributed by atoms with Gasteiger partial charge >= 0.3 is 0 Å². The highest BCUT2D eigenvalue weighted by molar-refractivity contribution is 6.01. The van der Waals surface area contributed by atoms with Crippen molar-refractivity contribution in [3.05, 3.63) is 90.4 Å². The Morgan fingerprint density at radius 3 is 2.44 bits per heavy atom. The van der Waals surface area contributed by atoms with Gasteiger partial charge in [-0.25, -0.2) is 9.07 Å². The number of fused-ring (bicyclic) bond motifs is 1. The second-order valence-corrected chi connectivity index (χ2v) is 9.66. The van der Waals surface area contributed by atoms with E-state index in [4.69, 9.17) is 0 Å². The molecule has 1 N–H and O–H groups in total. The number of rotatable bonds is 6. The molecular weight excluding hydrogens is 455 g/mol. The first-order chi connectivity index (χ1) is 17.5. The molecule has 3 atom stereocenters. The summed E-state index contributed by atoms with van der Waals surface area (Å²) in [5, 5.41) is 8.61. The molecule has 0 bridgehead atoms. The summed E-state index contributed by atoms with van der Waals surface area (Å²) in [5.41, 5.74) is 3.37. The number of hydrogen-bond acceptors (Lipinski definition) is 3. The fraction of sp³-hybridized carbons (Fsp3) is 0.276. The van der Waals surface area contributed by atoms with Gasteiger partial charge in [0.2, 0.25) is 11.8 Å². The van der Waals surface area contributed by atoms with Gasteiger partial charge in [-0.1, -0.05) is 37.3 Å². The van der Waals surface area contributed by atoms with Gasteiger partial charge in [0, 0.05) is 17.0 Å². The first-order valence-electron chi connectivity index (χ1n) is 12.5. The Bertz CT molecular complexity index is 1430. The lowest BCUT2D eigenvalue weighted by atomic mass is 9.91. The van der Waals surface area contributed by atoms with E-state index in [-0.39, 0.29) is 41.6 Å². The highest BCUT2D eigenvalue weighted by Crippen LogP contribution is 2.43. The molecule has 1 aliphatic carbocycles. The van der Waals surface area contributed by atoms with E-state index in [9.17, 15) is 14.0 Å². The number of hydrogen-bond donors (Lipinski definition) is 1. The average Bonchev–Trinajstić information content (AvgIpc) is 3.61. The monoisotopic (exact) mass is 482 g/mol. The minimum atomic E-state index is -0.310. The van der Waals surface area contributed by atoms with Crippen molar-refractivity contribution in [1.82, 2.24) is 15.1 Å². The zero-order valence-corrected chi connectivity index (χ0v) is 20.0. The summed E-state index contributed by atoms with van der Waals surface area (Å²) >= 11 is 0. The average molecular weight is 483 g/mol. The molecule has 4 aromatic rings. The number of carbonyl (C=O) groups excluding carboxylic acids is 2. The van der Waals surface area contributed by atoms with Crippen molar-refractivity contribution in [1.29, 1.82) is 0 Å². The number of anilines is 1. The molecule has 2 amide bonds. The molecule has 3 unspecified atom stereocenters. The van der Waals surface area contributed by atoms with Crippen LogP contribution in [0.1, 0.15) is 37.8 Å². The summed E-state index contributed by atoms with van der Waals surface area (Å²) in [7, 11) is 0. The van der Waals surface area contributed by atoms with Crippen molar-refractivity contribution >= 4 is 28.4 Å². The first kappa shape index (κ1) is 22.5. The lowest BCUT2D eigenvalue weighted by Crippen LogP contribution is -2.43. The van der Waals surface area contributed by atoms with Crippen LogP contribution in [0.4, 0.5) is 10.1 Å². The molecule has 0 spiro atoms. The highest BCUT2D eigenvalue weighted by atomic mass is 19.1. The Hall–Kier alpha value is -4.00. The lowest BCUT2D eigenvalue weighted by molar-refractivity contribution is -0.124. The van der Waals surface area contributed by atoms with Crippen LogP contribution in [0.5, 0.6) is 0 Å². The molecule has 0 radical (unpaired) electrons. The number of halogens is 1. The van der Waals surface area contributed by atoms with Gasteiger partial charge in [0.1, 0.15) is 5.82 Å². The minimum Gasteiger partial charge on any atom is -0.350 e. The Kier molecular flexibility index (Phi) is 5.55. The van der Waals surface area contributed by atoms with Crippen LogP contribution in [0.15, 0.2) is 79.0 Å². The predicted molar refractivity (Wildman–Crippen MR) is 136 cm³/mol. The maximum atomic E-state index is 13.8. The van der Waals surface area contributed by atoms with Crippen molar-refractivity contribution in [3.63, 3.8) is 0 Å². The van der Waals surface area contributed by atoms with E-state index in [1.807, 2.05) is 60.4 Å². The molecule has 2 heterocycles. The summed E-state index contributed by atoms with van der Waals surface area (Å²) in [6.45, 7) is 2.00. The summed E-state index contributed by atoms with van der Waals surface area (Å²) in [5.74, 6) is -0.485. The van der Waals surface area contributed by atoms with Gasteiger partial charge in [0.15, 0.2) is 0 Å². The maximum Gasteiger partial charge on any atom is 0.232 e. The summed E-state index contributed by atoms with van der Waals surface area (Å²) in [6.07, 6.45) is 4.22. The largest absolute Gasteiger partial charge is 0.350 e. The van der Waals surface area contributed by atoms with Crippen molar-refractivity contribution in [2.45, 2.75) is 38.3 Å². The van der Waals surface area contributed by atoms with Gasteiger partial charge in [-0.3, -0.25) is 9.59 Å². The van der Waals surface area contributed by atoms with E-state index in [1.54, 1.807) is 23.0 Å². The topological polar surface area (TPSA) is 67.2 Å². The Balaban J connectivity index is 1.42. The third-order valence-corrected chi connectivity index (χ3v) is 7.35. The van der Waals surface area contributed by atoms with E-state index in [0.29, 0.717) is 6.42 Å². The minimum absolute atomic E-state index is 0.0118. The van der Waals surface area contributed by atoms with E-state index in [1.165, 1.54) is 12.1 Å². The maximum absolute atomic E-state index is 13.8. The number of benzene rings is 3. The Labute approximate surface area is 208 Å².